The Hall–Kier alpha value is -1.59. The molecule has 0 atom stereocenters. The van der Waals surface area contributed by atoms with Gasteiger partial charge in [-0.25, -0.2) is 0 Å². The zero-order chi connectivity index (χ0) is 13.7. The third-order valence-corrected chi connectivity index (χ3v) is 3.18. The fourth-order valence-electron chi connectivity index (χ4n) is 1.95. The molecule has 0 unspecified atom stereocenters. The van der Waals surface area contributed by atoms with Gasteiger partial charge in [0.1, 0.15) is 6.61 Å². The van der Waals surface area contributed by atoms with Gasteiger partial charge in [-0.2, -0.15) is 0 Å². The minimum atomic E-state index is -0.158. The van der Waals surface area contributed by atoms with Crippen LogP contribution >= 0.6 is 0 Å². The standard InChI is InChI=1S/C14H20N2O3/c1-10-2-3-11(8-13(10)15)16-14(17)9-19-12-4-6-18-7-5-12/h2-3,8,12H,4-7,9,15H2,1H3,(H,16,17). The maximum Gasteiger partial charge on any atom is 0.250 e. The molecular formula is C14H20N2O3. The lowest BCUT2D eigenvalue weighted by Gasteiger charge is -2.22. The average molecular weight is 264 g/mol. The summed E-state index contributed by atoms with van der Waals surface area (Å²) < 4.78 is 10.8. The molecule has 0 bridgehead atoms. The van der Waals surface area contributed by atoms with Crippen LogP contribution in [-0.2, 0) is 14.3 Å². The van der Waals surface area contributed by atoms with Crippen molar-refractivity contribution in [2.75, 3.05) is 30.9 Å². The highest BCUT2D eigenvalue weighted by Gasteiger charge is 2.15. The van der Waals surface area contributed by atoms with Gasteiger partial charge in [-0.05, 0) is 37.5 Å². The molecule has 1 heterocycles. The molecule has 0 radical (unpaired) electrons. The first-order chi connectivity index (χ1) is 9.15. The molecule has 1 aliphatic rings. The molecule has 0 aliphatic carbocycles. The number of carbonyl (C=O) groups is 1. The second kappa shape index (κ2) is 6.54. The van der Waals surface area contributed by atoms with Crippen LogP contribution in [0.25, 0.3) is 0 Å². The second-order valence-electron chi connectivity index (χ2n) is 4.74. The number of aryl methyl sites for hydroxylation is 1. The van der Waals surface area contributed by atoms with E-state index >= 15 is 0 Å². The van der Waals surface area contributed by atoms with Gasteiger partial charge in [0, 0.05) is 24.6 Å². The Balaban J connectivity index is 1.78. The quantitative estimate of drug-likeness (QED) is 0.812. The number of hydrogen-bond acceptors (Lipinski definition) is 4. The van der Waals surface area contributed by atoms with E-state index in [1.165, 1.54) is 0 Å². The molecule has 0 aromatic heterocycles. The first kappa shape index (κ1) is 13.8. The van der Waals surface area contributed by atoms with E-state index in [2.05, 4.69) is 5.32 Å². The van der Waals surface area contributed by atoms with E-state index in [1.54, 1.807) is 6.07 Å². The van der Waals surface area contributed by atoms with E-state index in [-0.39, 0.29) is 18.6 Å². The Morgan fingerprint density at radius 1 is 1.47 bits per heavy atom. The number of benzene rings is 1. The number of ether oxygens (including phenoxy) is 2. The van der Waals surface area contributed by atoms with Crippen LogP contribution in [0.2, 0.25) is 0 Å². The Morgan fingerprint density at radius 3 is 2.89 bits per heavy atom. The van der Waals surface area contributed by atoms with Crippen LogP contribution in [0.3, 0.4) is 0 Å². The molecule has 19 heavy (non-hydrogen) atoms. The molecule has 2 rings (SSSR count). The van der Waals surface area contributed by atoms with Crippen LogP contribution in [0.15, 0.2) is 18.2 Å². The Kier molecular flexibility index (Phi) is 4.76. The lowest BCUT2D eigenvalue weighted by molar-refractivity contribution is -0.124. The third-order valence-electron chi connectivity index (χ3n) is 3.18. The first-order valence-corrected chi connectivity index (χ1v) is 6.50. The minimum absolute atomic E-state index is 0.0679. The monoisotopic (exact) mass is 264 g/mol. The SMILES string of the molecule is Cc1ccc(NC(=O)COC2CCOCC2)cc1N. The van der Waals surface area contributed by atoms with Crippen molar-refractivity contribution < 1.29 is 14.3 Å². The number of nitrogens with two attached hydrogens (primary N) is 1. The van der Waals surface area contributed by atoms with E-state index in [9.17, 15) is 4.79 Å². The van der Waals surface area contributed by atoms with Gasteiger partial charge in [0.05, 0.1) is 6.10 Å². The highest BCUT2D eigenvalue weighted by molar-refractivity contribution is 5.92. The van der Waals surface area contributed by atoms with Crippen LogP contribution in [-0.4, -0.2) is 31.8 Å². The molecule has 1 aromatic rings. The average Bonchev–Trinajstić information content (AvgIpc) is 2.42. The normalized spacial score (nSPS) is 16.3. The van der Waals surface area contributed by atoms with Crippen molar-refractivity contribution in [1.82, 2.24) is 0 Å². The van der Waals surface area contributed by atoms with Gasteiger partial charge >= 0.3 is 0 Å². The predicted octanol–water partition coefficient (Wildman–Crippen LogP) is 1.71. The summed E-state index contributed by atoms with van der Waals surface area (Å²) in [5.74, 6) is -0.158. The molecule has 3 N–H and O–H groups in total. The molecule has 1 fully saturated rings. The number of carbonyl (C=O) groups excluding carboxylic acids is 1. The molecule has 0 saturated carbocycles. The van der Waals surface area contributed by atoms with Gasteiger partial charge in [0.25, 0.3) is 0 Å². The number of hydrogen-bond donors (Lipinski definition) is 2. The molecule has 5 nitrogen and oxygen atoms in total. The van der Waals surface area contributed by atoms with Crippen molar-refractivity contribution in [2.45, 2.75) is 25.9 Å². The fourth-order valence-corrected chi connectivity index (χ4v) is 1.95. The molecular weight excluding hydrogens is 244 g/mol. The molecule has 104 valence electrons. The van der Waals surface area contributed by atoms with E-state index in [0.717, 1.165) is 18.4 Å². The lowest BCUT2D eigenvalue weighted by Crippen LogP contribution is -2.28. The van der Waals surface area contributed by atoms with Crippen LogP contribution < -0.4 is 11.1 Å². The van der Waals surface area contributed by atoms with Gasteiger partial charge in [0.2, 0.25) is 5.91 Å². The number of anilines is 2. The van der Waals surface area contributed by atoms with Crippen molar-refractivity contribution >= 4 is 17.3 Å². The number of amides is 1. The van der Waals surface area contributed by atoms with Crippen LogP contribution in [0.4, 0.5) is 11.4 Å². The number of nitrogens with one attached hydrogen (secondary N) is 1. The molecule has 1 saturated heterocycles. The molecule has 5 heteroatoms. The number of rotatable bonds is 4. The van der Waals surface area contributed by atoms with Crippen molar-refractivity contribution in [3.8, 4) is 0 Å². The van der Waals surface area contributed by atoms with E-state index in [0.29, 0.717) is 24.6 Å². The summed E-state index contributed by atoms with van der Waals surface area (Å²) in [6.45, 7) is 3.41. The molecule has 0 spiro atoms. The summed E-state index contributed by atoms with van der Waals surface area (Å²) in [4.78, 5) is 11.7. The minimum Gasteiger partial charge on any atom is -0.398 e. The van der Waals surface area contributed by atoms with Crippen LogP contribution in [0.5, 0.6) is 0 Å². The van der Waals surface area contributed by atoms with Crippen molar-refractivity contribution in [3.05, 3.63) is 23.8 Å². The summed E-state index contributed by atoms with van der Waals surface area (Å²) in [7, 11) is 0. The number of nitrogen functional groups attached to an aromatic ring is 1. The summed E-state index contributed by atoms with van der Waals surface area (Å²) >= 11 is 0. The highest BCUT2D eigenvalue weighted by Crippen LogP contribution is 2.17. The summed E-state index contributed by atoms with van der Waals surface area (Å²) in [6, 6.07) is 5.46. The predicted molar refractivity (Wildman–Crippen MR) is 74.0 cm³/mol. The summed E-state index contributed by atoms with van der Waals surface area (Å²) in [6.07, 6.45) is 1.83. The molecule has 1 aromatic carbocycles. The van der Waals surface area contributed by atoms with Gasteiger partial charge in [-0.1, -0.05) is 6.07 Å². The van der Waals surface area contributed by atoms with Gasteiger partial charge < -0.3 is 20.5 Å². The second-order valence-corrected chi connectivity index (χ2v) is 4.74. The van der Waals surface area contributed by atoms with Crippen LogP contribution in [0, 0.1) is 6.92 Å². The molecule has 1 aliphatic heterocycles. The maximum absolute atomic E-state index is 11.7. The van der Waals surface area contributed by atoms with E-state index < -0.39 is 0 Å². The zero-order valence-corrected chi connectivity index (χ0v) is 11.1. The first-order valence-electron chi connectivity index (χ1n) is 6.50. The van der Waals surface area contributed by atoms with Crippen LogP contribution in [0.1, 0.15) is 18.4 Å². The summed E-state index contributed by atoms with van der Waals surface area (Å²) in [5, 5.41) is 2.77. The van der Waals surface area contributed by atoms with Gasteiger partial charge in [-0.15, -0.1) is 0 Å². The third kappa shape index (κ3) is 4.22. The van der Waals surface area contributed by atoms with Crippen molar-refractivity contribution in [3.63, 3.8) is 0 Å². The fraction of sp³-hybridized carbons (Fsp3) is 0.500. The summed E-state index contributed by atoms with van der Waals surface area (Å²) in [5.41, 5.74) is 8.15. The van der Waals surface area contributed by atoms with Gasteiger partial charge in [-0.3, -0.25) is 4.79 Å². The van der Waals surface area contributed by atoms with Gasteiger partial charge in [0.15, 0.2) is 0 Å². The zero-order valence-electron chi connectivity index (χ0n) is 11.1. The Bertz CT molecular complexity index is 442. The molecule has 1 amide bonds. The van der Waals surface area contributed by atoms with E-state index in [1.807, 2.05) is 19.1 Å². The highest BCUT2D eigenvalue weighted by atomic mass is 16.5. The largest absolute Gasteiger partial charge is 0.398 e. The van der Waals surface area contributed by atoms with E-state index in [4.69, 9.17) is 15.2 Å². The maximum atomic E-state index is 11.7. The van der Waals surface area contributed by atoms with Crippen molar-refractivity contribution in [2.24, 2.45) is 0 Å². The Morgan fingerprint density at radius 2 is 2.21 bits per heavy atom. The smallest absolute Gasteiger partial charge is 0.250 e. The topological polar surface area (TPSA) is 73.6 Å². The lowest BCUT2D eigenvalue weighted by atomic mass is 10.1. The Labute approximate surface area is 113 Å². The van der Waals surface area contributed by atoms with Crippen molar-refractivity contribution in [1.29, 1.82) is 0 Å².